The van der Waals surface area contributed by atoms with Gasteiger partial charge in [0.15, 0.2) is 11.4 Å². The van der Waals surface area contributed by atoms with Gasteiger partial charge in [0.05, 0.1) is 35.2 Å². The van der Waals surface area contributed by atoms with Gasteiger partial charge in [0.1, 0.15) is 16.2 Å². The summed E-state index contributed by atoms with van der Waals surface area (Å²) in [6.45, 7) is 5.06. The van der Waals surface area contributed by atoms with Crippen molar-refractivity contribution in [3.05, 3.63) is 21.2 Å². The third kappa shape index (κ3) is 2.46. The number of fused-ring (bicyclic) bond motifs is 2. The largest absolute Gasteiger partial charge is 0.491 e. The predicted molar refractivity (Wildman–Crippen MR) is 102 cm³/mol. The summed E-state index contributed by atoms with van der Waals surface area (Å²) in [6, 6.07) is 0.261. The number of piperazine rings is 1. The van der Waals surface area contributed by atoms with Crippen LogP contribution in [-0.4, -0.2) is 57.0 Å². The monoisotopic (exact) mass is 461 g/mol. The SMILES string of the molecule is Cc1nc2c3c(nc(=O)n2I)N2CCN(C)CC2CCOc3c1Cl. The fourth-order valence-electron chi connectivity index (χ4n) is 3.44. The summed E-state index contributed by atoms with van der Waals surface area (Å²) in [5.41, 5.74) is 0.884. The second kappa shape index (κ2) is 5.99. The second-order valence-corrected chi connectivity index (χ2v) is 7.63. The number of anilines is 1. The van der Waals surface area contributed by atoms with Crippen LogP contribution in [-0.2, 0) is 0 Å². The van der Waals surface area contributed by atoms with Crippen LogP contribution in [0.1, 0.15) is 12.1 Å². The van der Waals surface area contributed by atoms with Gasteiger partial charge < -0.3 is 14.5 Å². The Bertz CT molecular complexity index is 887. The van der Waals surface area contributed by atoms with E-state index in [4.69, 9.17) is 16.3 Å². The van der Waals surface area contributed by atoms with E-state index < -0.39 is 0 Å². The highest BCUT2D eigenvalue weighted by atomic mass is 127. The van der Waals surface area contributed by atoms with Crippen molar-refractivity contribution in [3.63, 3.8) is 0 Å². The molecule has 24 heavy (non-hydrogen) atoms. The van der Waals surface area contributed by atoms with E-state index in [1.54, 1.807) is 0 Å². The Morgan fingerprint density at radius 1 is 1.33 bits per heavy atom. The summed E-state index contributed by atoms with van der Waals surface area (Å²) in [5.74, 6) is 1.23. The average Bonchev–Trinajstić information content (AvgIpc) is 2.53. The first-order chi connectivity index (χ1) is 11.5. The Balaban J connectivity index is 2.06. The lowest BCUT2D eigenvalue weighted by Crippen LogP contribution is -2.53. The number of hydrogen-bond donors (Lipinski definition) is 0. The molecule has 2 aromatic heterocycles. The van der Waals surface area contributed by atoms with Gasteiger partial charge in [0.2, 0.25) is 0 Å². The van der Waals surface area contributed by atoms with E-state index in [1.165, 1.54) is 2.78 Å². The third-order valence-corrected chi connectivity index (χ3v) is 5.99. The molecule has 128 valence electrons. The van der Waals surface area contributed by atoms with Crippen molar-refractivity contribution in [3.8, 4) is 5.75 Å². The fraction of sp³-hybridized carbons (Fsp3) is 0.533. The molecule has 9 heteroatoms. The molecule has 0 aromatic carbocycles. The summed E-state index contributed by atoms with van der Waals surface area (Å²) < 4.78 is 7.45. The molecule has 7 nitrogen and oxygen atoms in total. The Kier molecular flexibility index (Phi) is 4.08. The van der Waals surface area contributed by atoms with E-state index >= 15 is 0 Å². The number of ether oxygens (including phenoxy) is 1. The van der Waals surface area contributed by atoms with E-state index in [1.807, 2.05) is 29.8 Å². The molecule has 0 bridgehead atoms. The first kappa shape index (κ1) is 16.3. The zero-order valence-electron chi connectivity index (χ0n) is 13.4. The highest BCUT2D eigenvalue weighted by Crippen LogP contribution is 2.41. The van der Waals surface area contributed by atoms with Crippen LogP contribution in [0.4, 0.5) is 5.82 Å². The molecule has 2 aliphatic heterocycles. The zero-order chi connectivity index (χ0) is 17.0. The van der Waals surface area contributed by atoms with Gasteiger partial charge in [-0.15, -0.1) is 0 Å². The maximum Gasteiger partial charge on any atom is 0.360 e. The van der Waals surface area contributed by atoms with Crippen LogP contribution in [0.2, 0.25) is 5.02 Å². The Labute approximate surface area is 158 Å². The van der Waals surface area contributed by atoms with Gasteiger partial charge in [-0.2, -0.15) is 4.98 Å². The number of likely N-dealkylation sites (N-methyl/N-ethyl adjacent to an activating group) is 1. The second-order valence-electron chi connectivity index (χ2n) is 6.28. The van der Waals surface area contributed by atoms with Crippen LogP contribution in [0.5, 0.6) is 5.75 Å². The molecule has 0 saturated carbocycles. The van der Waals surface area contributed by atoms with Gasteiger partial charge in [-0.3, -0.25) is 0 Å². The third-order valence-electron chi connectivity index (χ3n) is 4.68. The molecule has 1 unspecified atom stereocenters. The molecule has 4 rings (SSSR count). The minimum absolute atomic E-state index is 0.261. The van der Waals surface area contributed by atoms with Gasteiger partial charge in [-0.25, -0.2) is 12.6 Å². The van der Waals surface area contributed by atoms with Crippen molar-refractivity contribution in [2.75, 3.05) is 38.2 Å². The van der Waals surface area contributed by atoms with E-state index in [9.17, 15) is 4.79 Å². The molecule has 2 aromatic rings. The summed E-state index contributed by atoms with van der Waals surface area (Å²) in [6.07, 6.45) is 0.859. The van der Waals surface area contributed by atoms with Crippen LogP contribution in [0.25, 0.3) is 11.0 Å². The highest BCUT2D eigenvalue weighted by molar-refractivity contribution is 14.1. The van der Waals surface area contributed by atoms with Crippen molar-refractivity contribution in [2.45, 2.75) is 19.4 Å². The van der Waals surface area contributed by atoms with Crippen molar-refractivity contribution < 1.29 is 4.74 Å². The molecule has 0 amide bonds. The normalized spacial score (nSPS) is 21.2. The standard InChI is InChI=1S/C15H17ClIN5O2/c1-8-11(16)12-10-13(19-15(23)22(17)14(10)18-8)21-5-4-20(2)7-9(21)3-6-24-12/h9H,3-7H2,1-2H3. The van der Waals surface area contributed by atoms with Gasteiger partial charge >= 0.3 is 5.69 Å². The molecular weight excluding hydrogens is 445 g/mol. The Morgan fingerprint density at radius 3 is 2.92 bits per heavy atom. The maximum absolute atomic E-state index is 12.4. The summed E-state index contributed by atoms with van der Waals surface area (Å²) in [7, 11) is 2.11. The van der Waals surface area contributed by atoms with Gasteiger partial charge in [0.25, 0.3) is 0 Å². The quantitative estimate of drug-likeness (QED) is 0.558. The molecule has 2 aliphatic rings. The lowest BCUT2D eigenvalue weighted by atomic mass is 10.1. The minimum atomic E-state index is -0.323. The minimum Gasteiger partial charge on any atom is -0.491 e. The van der Waals surface area contributed by atoms with Crippen LogP contribution in [0.15, 0.2) is 4.79 Å². The van der Waals surface area contributed by atoms with Crippen LogP contribution in [0.3, 0.4) is 0 Å². The number of halogens is 2. The first-order valence-corrected chi connectivity index (χ1v) is 9.18. The number of hydrogen-bond acceptors (Lipinski definition) is 6. The summed E-state index contributed by atoms with van der Waals surface area (Å²) >= 11 is 8.39. The molecule has 0 radical (unpaired) electrons. The number of aromatic nitrogens is 3. The lowest BCUT2D eigenvalue weighted by molar-refractivity contribution is 0.226. The smallest absolute Gasteiger partial charge is 0.360 e. The molecule has 0 aliphatic carbocycles. The maximum atomic E-state index is 12.4. The van der Waals surface area contributed by atoms with Crippen molar-refractivity contribution >= 4 is 51.3 Å². The van der Waals surface area contributed by atoms with Gasteiger partial charge in [-0.1, -0.05) is 11.6 Å². The van der Waals surface area contributed by atoms with E-state index in [-0.39, 0.29) is 11.7 Å². The molecule has 0 spiro atoms. The van der Waals surface area contributed by atoms with Crippen molar-refractivity contribution in [1.82, 2.24) is 17.6 Å². The summed E-state index contributed by atoms with van der Waals surface area (Å²) in [5, 5.41) is 1.22. The fourth-order valence-corrected chi connectivity index (χ4v) is 4.09. The number of aryl methyl sites for hydroxylation is 1. The van der Waals surface area contributed by atoms with E-state index in [0.717, 1.165) is 31.4 Å². The number of pyridine rings is 1. The highest BCUT2D eigenvalue weighted by Gasteiger charge is 2.32. The molecule has 4 heterocycles. The molecule has 1 atom stereocenters. The molecule has 1 fully saturated rings. The van der Waals surface area contributed by atoms with Crippen LogP contribution >= 0.6 is 34.5 Å². The number of rotatable bonds is 0. The molecular formula is C15H17ClIN5O2. The number of nitrogens with zero attached hydrogens (tertiary/aromatic N) is 5. The van der Waals surface area contributed by atoms with Crippen molar-refractivity contribution in [2.24, 2.45) is 0 Å². The van der Waals surface area contributed by atoms with Crippen LogP contribution < -0.4 is 15.3 Å². The molecule has 0 N–H and O–H groups in total. The van der Waals surface area contributed by atoms with Crippen LogP contribution in [0, 0.1) is 6.92 Å². The predicted octanol–water partition coefficient (Wildman–Crippen LogP) is 1.85. The van der Waals surface area contributed by atoms with Crippen molar-refractivity contribution in [1.29, 1.82) is 0 Å². The van der Waals surface area contributed by atoms with E-state index in [2.05, 4.69) is 26.8 Å². The zero-order valence-corrected chi connectivity index (χ0v) is 16.3. The Morgan fingerprint density at radius 2 is 2.12 bits per heavy atom. The Hall–Kier alpha value is -1.13. The topological polar surface area (TPSA) is 63.5 Å². The summed E-state index contributed by atoms with van der Waals surface area (Å²) in [4.78, 5) is 25.8. The molecule has 1 saturated heterocycles. The van der Waals surface area contributed by atoms with E-state index in [0.29, 0.717) is 34.5 Å². The average molecular weight is 462 g/mol. The van der Waals surface area contributed by atoms with Gasteiger partial charge in [0, 0.05) is 32.1 Å². The lowest BCUT2D eigenvalue weighted by Gasteiger charge is -2.42. The van der Waals surface area contributed by atoms with Gasteiger partial charge in [-0.05, 0) is 14.0 Å². The first-order valence-electron chi connectivity index (χ1n) is 7.84.